The SMILES string of the molecule is N#Cc1ccc(C(O)CNCC2(CCO)CC2)cc1. The van der Waals surface area contributed by atoms with E-state index in [1.54, 1.807) is 24.3 Å². The predicted molar refractivity (Wildman–Crippen MR) is 72.4 cm³/mol. The molecule has 1 aliphatic rings. The molecule has 1 fully saturated rings. The highest BCUT2D eigenvalue weighted by Crippen LogP contribution is 2.47. The van der Waals surface area contributed by atoms with Crippen molar-refractivity contribution in [2.75, 3.05) is 19.7 Å². The maximum Gasteiger partial charge on any atom is 0.0991 e. The molecule has 4 nitrogen and oxygen atoms in total. The Bertz CT molecular complexity index is 446. The normalized spacial score (nSPS) is 17.7. The zero-order chi connectivity index (χ0) is 13.7. The van der Waals surface area contributed by atoms with Crippen LogP contribution < -0.4 is 5.32 Å². The van der Waals surface area contributed by atoms with Crippen LogP contribution in [0.25, 0.3) is 0 Å². The zero-order valence-electron chi connectivity index (χ0n) is 11.0. The minimum atomic E-state index is -0.558. The molecule has 0 spiro atoms. The van der Waals surface area contributed by atoms with Crippen molar-refractivity contribution in [3.63, 3.8) is 0 Å². The van der Waals surface area contributed by atoms with Gasteiger partial charge in [-0.25, -0.2) is 0 Å². The first-order valence-electron chi connectivity index (χ1n) is 6.69. The van der Waals surface area contributed by atoms with Crippen LogP contribution in [0.2, 0.25) is 0 Å². The molecule has 2 rings (SSSR count). The number of aliphatic hydroxyl groups is 2. The summed E-state index contributed by atoms with van der Waals surface area (Å²) in [5, 5.41) is 31.0. The fourth-order valence-corrected chi connectivity index (χ4v) is 2.30. The third kappa shape index (κ3) is 3.77. The lowest BCUT2D eigenvalue weighted by Gasteiger charge is -2.17. The number of benzene rings is 1. The standard InChI is InChI=1S/C15H20N2O2/c16-9-12-1-3-13(4-2-12)14(19)10-17-11-15(5-6-15)7-8-18/h1-4,14,17-19H,5-8,10-11H2. The second-order valence-corrected chi connectivity index (χ2v) is 5.35. The molecule has 0 heterocycles. The van der Waals surface area contributed by atoms with Crippen LogP contribution in [0.3, 0.4) is 0 Å². The van der Waals surface area contributed by atoms with E-state index in [1.807, 2.05) is 0 Å². The summed E-state index contributed by atoms with van der Waals surface area (Å²) in [5.41, 5.74) is 1.68. The first kappa shape index (κ1) is 14.0. The van der Waals surface area contributed by atoms with E-state index in [2.05, 4.69) is 11.4 Å². The summed E-state index contributed by atoms with van der Waals surface area (Å²) in [5.74, 6) is 0. The van der Waals surface area contributed by atoms with E-state index in [4.69, 9.17) is 10.4 Å². The molecule has 102 valence electrons. The Morgan fingerprint density at radius 2 is 2.00 bits per heavy atom. The summed E-state index contributed by atoms with van der Waals surface area (Å²) in [6.45, 7) is 1.58. The second-order valence-electron chi connectivity index (χ2n) is 5.35. The van der Waals surface area contributed by atoms with Crippen LogP contribution in [0.4, 0.5) is 0 Å². The average molecular weight is 260 g/mol. The first-order valence-corrected chi connectivity index (χ1v) is 6.69. The number of nitrogens with zero attached hydrogens (tertiary/aromatic N) is 1. The number of hydrogen-bond acceptors (Lipinski definition) is 4. The molecule has 1 aliphatic carbocycles. The molecule has 0 bridgehead atoms. The maximum atomic E-state index is 10.0. The van der Waals surface area contributed by atoms with Crippen LogP contribution >= 0.6 is 0 Å². The summed E-state index contributed by atoms with van der Waals surface area (Å²) in [6, 6.07) is 9.05. The van der Waals surface area contributed by atoms with E-state index < -0.39 is 6.10 Å². The van der Waals surface area contributed by atoms with Gasteiger partial charge >= 0.3 is 0 Å². The van der Waals surface area contributed by atoms with Gasteiger partial charge in [0.05, 0.1) is 17.7 Å². The van der Waals surface area contributed by atoms with Gasteiger partial charge in [-0.15, -0.1) is 0 Å². The van der Waals surface area contributed by atoms with Gasteiger partial charge in [0.25, 0.3) is 0 Å². The van der Waals surface area contributed by atoms with Gasteiger partial charge in [0, 0.05) is 19.7 Å². The minimum Gasteiger partial charge on any atom is -0.396 e. The molecule has 0 aromatic heterocycles. The molecule has 0 aliphatic heterocycles. The summed E-state index contributed by atoms with van der Waals surface area (Å²) < 4.78 is 0. The Kier molecular flexibility index (Phi) is 4.54. The zero-order valence-corrected chi connectivity index (χ0v) is 11.0. The van der Waals surface area contributed by atoms with Crippen LogP contribution in [0.1, 0.15) is 36.5 Å². The molecule has 1 aromatic carbocycles. The molecule has 1 unspecified atom stereocenters. The molecule has 0 amide bonds. The van der Waals surface area contributed by atoms with Crippen LogP contribution in [-0.4, -0.2) is 29.9 Å². The van der Waals surface area contributed by atoms with Gasteiger partial charge < -0.3 is 15.5 Å². The monoisotopic (exact) mass is 260 g/mol. The van der Waals surface area contributed by atoms with Gasteiger partial charge in [-0.3, -0.25) is 0 Å². The van der Waals surface area contributed by atoms with Crippen molar-refractivity contribution in [1.29, 1.82) is 5.26 Å². The van der Waals surface area contributed by atoms with Crippen molar-refractivity contribution in [3.8, 4) is 6.07 Å². The van der Waals surface area contributed by atoms with Crippen LogP contribution in [0.5, 0.6) is 0 Å². The molecule has 0 radical (unpaired) electrons. The number of nitrogens with one attached hydrogen (secondary N) is 1. The Balaban J connectivity index is 1.78. The van der Waals surface area contributed by atoms with Gasteiger partial charge in [0.2, 0.25) is 0 Å². The molecule has 4 heteroatoms. The van der Waals surface area contributed by atoms with Crippen molar-refractivity contribution < 1.29 is 10.2 Å². The van der Waals surface area contributed by atoms with Gasteiger partial charge in [0.1, 0.15) is 0 Å². The van der Waals surface area contributed by atoms with Crippen molar-refractivity contribution in [2.24, 2.45) is 5.41 Å². The highest BCUT2D eigenvalue weighted by Gasteiger charge is 2.41. The van der Waals surface area contributed by atoms with Crippen LogP contribution in [0, 0.1) is 16.7 Å². The van der Waals surface area contributed by atoms with E-state index >= 15 is 0 Å². The third-order valence-electron chi connectivity index (χ3n) is 3.86. The number of aliphatic hydroxyl groups excluding tert-OH is 2. The van der Waals surface area contributed by atoms with Crippen LogP contribution in [0.15, 0.2) is 24.3 Å². The first-order chi connectivity index (χ1) is 9.19. The highest BCUT2D eigenvalue weighted by atomic mass is 16.3. The van der Waals surface area contributed by atoms with E-state index in [1.165, 1.54) is 0 Å². The average Bonchev–Trinajstić information content (AvgIpc) is 3.19. The van der Waals surface area contributed by atoms with Gasteiger partial charge in [-0.1, -0.05) is 12.1 Å². The number of nitriles is 1. The van der Waals surface area contributed by atoms with E-state index in [-0.39, 0.29) is 12.0 Å². The maximum absolute atomic E-state index is 10.0. The molecular formula is C15H20N2O2. The van der Waals surface area contributed by atoms with E-state index in [0.29, 0.717) is 12.1 Å². The Morgan fingerprint density at radius 3 is 2.53 bits per heavy atom. The topological polar surface area (TPSA) is 76.3 Å². The summed E-state index contributed by atoms with van der Waals surface area (Å²) in [7, 11) is 0. The molecule has 19 heavy (non-hydrogen) atoms. The smallest absolute Gasteiger partial charge is 0.0991 e. The summed E-state index contributed by atoms with van der Waals surface area (Å²) in [6.07, 6.45) is 2.60. The molecule has 1 saturated carbocycles. The van der Waals surface area contributed by atoms with Gasteiger partial charge in [-0.05, 0) is 42.4 Å². The van der Waals surface area contributed by atoms with E-state index in [0.717, 1.165) is 31.4 Å². The fourth-order valence-electron chi connectivity index (χ4n) is 2.30. The van der Waals surface area contributed by atoms with Crippen molar-refractivity contribution in [3.05, 3.63) is 35.4 Å². The molecule has 1 aromatic rings. The highest BCUT2D eigenvalue weighted by molar-refractivity contribution is 5.32. The Labute approximate surface area is 113 Å². The Hall–Kier alpha value is -1.41. The lowest BCUT2D eigenvalue weighted by atomic mass is 10.0. The summed E-state index contributed by atoms with van der Waals surface area (Å²) in [4.78, 5) is 0. The molecule has 0 saturated heterocycles. The lowest BCUT2D eigenvalue weighted by Crippen LogP contribution is -2.28. The van der Waals surface area contributed by atoms with Crippen molar-refractivity contribution in [2.45, 2.75) is 25.4 Å². The van der Waals surface area contributed by atoms with Crippen LogP contribution in [-0.2, 0) is 0 Å². The van der Waals surface area contributed by atoms with Crippen molar-refractivity contribution in [1.82, 2.24) is 5.32 Å². The lowest BCUT2D eigenvalue weighted by molar-refractivity contribution is 0.169. The third-order valence-corrected chi connectivity index (χ3v) is 3.86. The predicted octanol–water partition coefficient (Wildman–Crippen LogP) is 1.34. The quantitative estimate of drug-likeness (QED) is 0.691. The molecular weight excluding hydrogens is 240 g/mol. The summed E-state index contributed by atoms with van der Waals surface area (Å²) >= 11 is 0. The number of hydrogen-bond donors (Lipinski definition) is 3. The minimum absolute atomic E-state index is 0.236. The van der Waals surface area contributed by atoms with Crippen molar-refractivity contribution >= 4 is 0 Å². The molecule has 3 N–H and O–H groups in total. The molecule has 1 atom stereocenters. The largest absolute Gasteiger partial charge is 0.396 e. The Morgan fingerprint density at radius 1 is 1.32 bits per heavy atom. The number of rotatable bonds is 7. The van der Waals surface area contributed by atoms with E-state index in [9.17, 15) is 5.11 Å². The second kappa shape index (κ2) is 6.16. The fraction of sp³-hybridized carbons (Fsp3) is 0.533. The van der Waals surface area contributed by atoms with Gasteiger partial charge in [-0.2, -0.15) is 5.26 Å². The van der Waals surface area contributed by atoms with Gasteiger partial charge in [0.15, 0.2) is 0 Å².